The zero-order chi connectivity index (χ0) is 17.4. The molecule has 0 aliphatic rings. The molecular weight excluding hydrogens is 308 g/mol. The number of hydrogen-bond acceptors (Lipinski definition) is 5. The van der Waals surface area contributed by atoms with Gasteiger partial charge in [-0.05, 0) is 24.5 Å². The third-order valence-corrected chi connectivity index (χ3v) is 3.73. The Kier molecular flexibility index (Phi) is 7.14. The highest BCUT2D eigenvalue weighted by Crippen LogP contribution is 2.20. The predicted octanol–water partition coefficient (Wildman–Crippen LogP) is 1.99. The highest BCUT2D eigenvalue weighted by molar-refractivity contribution is 5.76. The number of pyridine rings is 1. The molecule has 7 heteroatoms. The maximum absolute atomic E-state index is 12.2. The van der Waals surface area contributed by atoms with E-state index in [0.29, 0.717) is 32.7 Å². The Hall–Kier alpha value is -1.99. The van der Waals surface area contributed by atoms with E-state index in [9.17, 15) is 4.79 Å². The molecule has 1 unspecified atom stereocenters. The highest BCUT2D eigenvalue weighted by Gasteiger charge is 2.23. The molecule has 0 aliphatic heterocycles. The molecule has 1 N–H and O–H groups in total. The van der Waals surface area contributed by atoms with E-state index in [4.69, 9.17) is 9.47 Å². The first-order valence-electron chi connectivity index (χ1n) is 8.29. The second kappa shape index (κ2) is 9.34. The highest BCUT2D eigenvalue weighted by atomic mass is 16.5. The van der Waals surface area contributed by atoms with Gasteiger partial charge in [-0.3, -0.25) is 9.20 Å². The average Bonchev–Trinajstić information content (AvgIpc) is 2.99. The van der Waals surface area contributed by atoms with Crippen LogP contribution in [0.1, 0.15) is 38.6 Å². The van der Waals surface area contributed by atoms with E-state index in [1.165, 1.54) is 0 Å². The van der Waals surface area contributed by atoms with Crippen molar-refractivity contribution in [3.8, 4) is 0 Å². The minimum absolute atomic E-state index is 0.00303. The number of ether oxygens (including phenoxy) is 2. The molecule has 0 fully saturated rings. The topological polar surface area (TPSA) is 77.8 Å². The third kappa shape index (κ3) is 5.01. The zero-order valence-electron chi connectivity index (χ0n) is 14.6. The van der Waals surface area contributed by atoms with Crippen LogP contribution in [0.3, 0.4) is 0 Å². The molecule has 24 heavy (non-hydrogen) atoms. The summed E-state index contributed by atoms with van der Waals surface area (Å²) in [4.78, 5) is 12.2. The minimum atomic E-state index is -0.177. The van der Waals surface area contributed by atoms with Gasteiger partial charge in [0.25, 0.3) is 0 Å². The molecule has 7 nitrogen and oxygen atoms in total. The predicted molar refractivity (Wildman–Crippen MR) is 90.6 cm³/mol. The normalized spacial score (nSPS) is 12.7. The van der Waals surface area contributed by atoms with Gasteiger partial charge in [-0.2, -0.15) is 0 Å². The first kappa shape index (κ1) is 18.4. The number of amides is 1. The van der Waals surface area contributed by atoms with Gasteiger partial charge in [0, 0.05) is 26.3 Å². The van der Waals surface area contributed by atoms with E-state index in [2.05, 4.69) is 29.4 Å². The molecule has 0 saturated heterocycles. The van der Waals surface area contributed by atoms with Crippen molar-refractivity contribution in [2.75, 3.05) is 26.9 Å². The Labute approximate surface area is 142 Å². The average molecular weight is 334 g/mol. The van der Waals surface area contributed by atoms with Crippen LogP contribution in [0, 0.1) is 5.92 Å². The lowest BCUT2D eigenvalue weighted by Gasteiger charge is -2.21. The molecule has 0 bridgehead atoms. The van der Waals surface area contributed by atoms with Crippen molar-refractivity contribution in [3.05, 3.63) is 30.2 Å². The smallest absolute Gasteiger partial charge is 0.220 e. The summed E-state index contributed by atoms with van der Waals surface area (Å²) in [7, 11) is 1.64. The summed E-state index contributed by atoms with van der Waals surface area (Å²) in [6.45, 7) is 5.79. The Morgan fingerprint density at radius 3 is 2.83 bits per heavy atom. The van der Waals surface area contributed by atoms with Gasteiger partial charge in [0.15, 0.2) is 11.5 Å². The van der Waals surface area contributed by atoms with Crippen molar-refractivity contribution >= 4 is 11.6 Å². The largest absolute Gasteiger partial charge is 0.382 e. The van der Waals surface area contributed by atoms with E-state index in [1.54, 1.807) is 7.11 Å². The number of carbonyl (C=O) groups excluding carboxylic acids is 1. The Bertz CT molecular complexity index is 642. The minimum Gasteiger partial charge on any atom is -0.382 e. The fourth-order valence-electron chi connectivity index (χ4n) is 2.43. The summed E-state index contributed by atoms with van der Waals surface area (Å²) in [5, 5.41) is 11.5. The molecule has 1 atom stereocenters. The van der Waals surface area contributed by atoms with Crippen LogP contribution in [0.4, 0.5) is 0 Å². The van der Waals surface area contributed by atoms with Crippen molar-refractivity contribution in [2.24, 2.45) is 5.92 Å². The van der Waals surface area contributed by atoms with Crippen LogP contribution in [0.2, 0.25) is 0 Å². The molecule has 2 rings (SSSR count). The van der Waals surface area contributed by atoms with E-state index in [1.807, 2.05) is 28.8 Å². The molecule has 2 aromatic rings. The summed E-state index contributed by atoms with van der Waals surface area (Å²) in [5.74, 6) is 0.960. The molecule has 0 saturated carbocycles. The van der Waals surface area contributed by atoms with Crippen molar-refractivity contribution in [2.45, 2.75) is 32.7 Å². The quantitative estimate of drug-likeness (QED) is 0.672. The summed E-state index contributed by atoms with van der Waals surface area (Å²) >= 11 is 0. The van der Waals surface area contributed by atoms with Crippen LogP contribution >= 0.6 is 0 Å². The number of rotatable bonds is 10. The standard InChI is InChI=1S/C17H26N4O3/c1-13(2)16(17-20-19-14-7-4-5-9-21(14)17)18-15(22)8-6-10-24-12-11-23-3/h4-5,7,9,13,16H,6,8,10-12H2,1-3H3,(H,18,22). The number of nitrogens with one attached hydrogen (secondary N) is 1. The summed E-state index contributed by atoms with van der Waals surface area (Å²) in [6, 6.07) is 5.56. The number of hydrogen-bond donors (Lipinski definition) is 1. The van der Waals surface area contributed by atoms with Crippen molar-refractivity contribution in [1.82, 2.24) is 19.9 Å². The first-order chi connectivity index (χ1) is 11.6. The van der Waals surface area contributed by atoms with E-state index in [-0.39, 0.29) is 17.9 Å². The second-order valence-electron chi connectivity index (χ2n) is 5.98. The Balaban J connectivity index is 1.90. The van der Waals surface area contributed by atoms with Crippen molar-refractivity contribution in [1.29, 1.82) is 0 Å². The summed E-state index contributed by atoms with van der Waals surface area (Å²) in [6.07, 6.45) is 3.02. The van der Waals surface area contributed by atoms with Crippen LogP contribution in [0.5, 0.6) is 0 Å². The monoisotopic (exact) mass is 334 g/mol. The number of aromatic nitrogens is 3. The van der Waals surface area contributed by atoms with Gasteiger partial charge < -0.3 is 14.8 Å². The van der Waals surface area contributed by atoms with E-state index >= 15 is 0 Å². The van der Waals surface area contributed by atoms with Gasteiger partial charge in [-0.1, -0.05) is 19.9 Å². The molecule has 0 radical (unpaired) electrons. The molecule has 132 valence electrons. The lowest BCUT2D eigenvalue weighted by molar-refractivity contribution is -0.122. The lowest BCUT2D eigenvalue weighted by Crippen LogP contribution is -2.33. The Morgan fingerprint density at radius 2 is 2.08 bits per heavy atom. The lowest BCUT2D eigenvalue weighted by atomic mass is 10.0. The SMILES string of the molecule is COCCOCCCC(=O)NC(c1nnc2ccccn12)C(C)C. The number of fused-ring (bicyclic) bond motifs is 1. The maximum Gasteiger partial charge on any atom is 0.220 e. The fraction of sp³-hybridized carbons (Fsp3) is 0.588. The molecule has 0 aliphatic carbocycles. The molecular formula is C17H26N4O3. The van der Waals surface area contributed by atoms with Gasteiger partial charge in [0.05, 0.1) is 19.3 Å². The molecule has 1 amide bonds. The third-order valence-electron chi connectivity index (χ3n) is 3.73. The van der Waals surface area contributed by atoms with E-state index in [0.717, 1.165) is 11.5 Å². The van der Waals surface area contributed by atoms with Crippen LogP contribution in [0.15, 0.2) is 24.4 Å². The van der Waals surface area contributed by atoms with Gasteiger partial charge in [-0.25, -0.2) is 0 Å². The first-order valence-corrected chi connectivity index (χ1v) is 8.29. The number of carbonyl (C=O) groups is 1. The molecule has 0 spiro atoms. The second-order valence-corrected chi connectivity index (χ2v) is 5.98. The number of nitrogens with zero attached hydrogens (tertiary/aromatic N) is 3. The van der Waals surface area contributed by atoms with Crippen LogP contribution in [-0.2, 0) is 14.3 Å². The molecule has 2 heterocycles. The Morgan fingerprint density at radius 1 is 1.25 bits per heavy atom. The summed E-state index contributed by atoms with van der Waals surface area (Å²) in [5.41, 5.74) is 0.777. The van der Waals surface area contributed by atoms with Gasteiger partial charge >= 0.3 is 0 Å². The van der Waals surface area contributed by atoms with E-state index < -0.39 is 0 Å². The van der Waals surface area contributed by atoms with Crippen LogP contribution in [-0.4, -0.2) is 47.4 Å². The van der Waals surface area contributed by atoms with Crippen LogP contribution in [0.25, 0.3) is 5.65 Å². The summed E-state index contributed by atoms with van der Waals surface area (Å²) < 4.78 is 12.2. The number of methoxy groups -OCH3 is 1. The van der Waals surface area contributed by atoms with Gasteiger partial charge in [-0.15, -0.1) is 10.2 Å². The van der Waals surface area contributed by atoms with Crippen molar-refractivity contribution < 1.29 is 14.3 Å². The van der Waals surface area contributed by atoms with Crippen molar-refractivity contribution in [3.63, 3.8) is 0 Å². The zero-order valence-corrected chi connectivity index (χ0v) is 14.6. The van der Waals surface area contributed by atoms with Gasteiger partial charge in [0.2, 0.25) is 5.91 Å². The molecule has 2 aromatic heterocycles. The fourth-order valence-corrected chi connectivity index (χ4v) is 2.43. The van der Waals surface area contributed by atoms with Crippen LogP contribution < -0.4 is 5.32 Å². The van der Waals surface area contributed by atoms with Gasteiger partial charge in [0.1, 0.15) is 0 Å². The maximum atomic E-state index is 12.2. The molecule has 0 aromatic carbocycles.